The number of carboxylic acids is 3. The van der Waals surface area contributed by atoms with Gasteiger partial charge in [0.15, 0.2) is 5.69 Å². The summed E-state index contributed by atoms with van der Waals surface area (Å²) in [6.07, 6.45) is 5.68. The van der Waals surface area contributed by atoms with Crippen LogP contribution < -0.4 is 14.8 Å². The summed E-state index contributed by atoms with van der Waals surface area (Å²) >= 11 is 0. The number of rotatable bonds is 26. The molecule has 1 atom stereocenters. The number of carboxylic acid groups (broad SMARTS) is 3. The van der Waals surface area contributed by atoms with Gasteiger partial charge in [-0.1, -0.05) is 45.8 Å². The van der Waals surface area contributed by atoms with Crippen LogP contribution in [-0.2, 0) is 19.2 Å². The molecular formula is C56H84N10O12. The molecule has 0 spiro atoms. The van der Waals surface area contributed by atoms with Crippen molar-refractivity contribution in [3.63, 3.8) is 0 Å². The Morgan fingerprint density at radius 3 is 1.69 bits per heavy atom. The van der Waals surface area contributed by atoms with Crippen LogP contribution in [0.1, 0.15) is 91.1 Å². The number of ether oxygens (including phenoxy) is 2. The highest BCUT2D eigenvalue weighted by atomic mass is 16.5. The molecule has 2 fully saturated rings. The fourth-order valence-electron chi connectivity index (χ4n) is 10.2. The largest absolute Gasteiger partial charge is 0.512 e. The molecule has 78 heavy (non-hydrogen) atoms. The topological polar surface area (TPSA) is 254 Å². The second kappa shape index (κ2) is 30.5. The van der Waals surface area contributed by atoms with Gasteiger partial charge in [-0.15, -0.1) is 0 Å². The summed E-state index contributed by atoms with van der Waals surface area (Å²) in [5.74, 6) is -3.28. The highest BCUT2D eigenvalue weighted by Crippen LogP contribution is 2.41. The van der Waals surface area contributed by atoms with E-state index in [2.05, 4.69) is 16.8 Å². The summed E-state index contributed by atoms with van der Waals surface area (Å²) in [6, 6.07) is 11.3. The van der Waals surface area contributed by atoms with Crippen molar-refractivity contribution >= 4 is 35.6 Å². The lowest BCUT2D eigenvalue weighted by molar-refractivity contribution is -0.141. The van der Waals surface area contributed by atoms with Crippen LogP contribution in [0.5, 0.6) is 11.5 Å². The van der Waals surface area contributed by atoms with Crippen molar-refractivity contribution in [3.8, 4) is 28.4 Å². The highest BCUT2D eigenvalue weighted by molar-refractivity contribution is 5.97. The molecule has 1 saturated heterocycles. The van der Waals surface area contributed by atoms with Crippen LogP contribution in [0.15, 0.2) is 54.8 Å². The van der Waals surface area contributed by atoms with Gasteiger partial charge in [0.05, 0.1) is 63.1 Å². The van der Waals surface area contributed by atoms with Crippen LogP contribution in [0.25, 0.3) is 16.9 Å². The van der Waals surface area contributed by atoms with E-state index >= 15 is 0 Å². The van der Waals surface area contributed by atoms with Gasteiger partial charge in [-0.25, -0.2) is 9.48 Å². The maximum Gasteiger partial charge on any atom is 0.326 e. The standard InChI is InChI=1S/C56H84N10O12/c1-39(2)43-33-42(19-20-45(43)66-46(52-47(77-7)17-12-18-48(52)78-8)34-44(58-66)54(73)57-53(56(75)76)41-15-10-9-11-16-41)55(74)61(6)24-14-22-59(4)21-13-23-60(5)49(68)36-63-27-25-62(35-40(3)67)26-29-64(37-50(69)70)31-32-65(30-28-63)38-51(71)72/h12,17-20,33-34,39,41,53,67H,3,9-11,13-16,21-32,35-38H2,1-2,4-8H3,(H,57,73)(H,69,70)(H,71,72)(H,75,76)/t53-/m0/s1. The molecule has 1 aliphatic carbocycles. The van der Waals surface area contributed by atoms with Gasteiger partial charge in [-0.2, -0.15) is 5.10 Å². The molecule has 3 amide bonds. The van der Waals surface area contributed by atoms with Crippen LogP contribution in [-0.4, -0.2) is 246 Å². The molecule has 5 rings (SSSR count). The summed E-state index contributed by atoms with van der Waals surface area (Å²) in [4.78, 5) is 90.4. The molecule has 2 aromatic carbocycles. The third-order valence-electron chi connectivity index (χ3n) is 14.7. The Morgan fingerprint density at radius 1 is 0.692 bits per heavy atom. The molecule has 1 aromatic heterocycles. The zero-order valence-corrected chi connectivity index (χ0v) is 46.8. The molecule has 5 N–H and O–H groups in total. The Labute approximate surface area is 459 Å². The number of aromatic nitrogens is 2. The first-order valence-corrected chi connectivity index (χ1v) is 27.1. The number of aliphatic hydroxyl groups is 1. The van der Waals surface area contributed by atoms with E-state index in [9.17, 15) is 49.2 Å². The van der Waals surface area contributed by atoms with E-state index < -0.39 is 29.9 Å². The van der Waals surface area contributed by atoms with Gasteiger partial charge < -0.3 is 49.9 Å². The van der Waals surface area contributed by atoms with E-state index in [-0.39, 0.29) is 61.3 Å². The molecule has 430 valence electrons. The summed E-state index contributed by atoms with van der Waals surface area (Å²) in [6.45, 7) is 13.2. The van der Waals surface area contributed by atoms with Gasteiger partial charge in [-0.3, -0.25) is 43.6 Å². The number of methoxy groups -OCH3 is 2. The lowest BCUT2D eigenvalue weighted by Gasteiger charge is -2.33. The van der Waals surface area contributed by atoms with Crippen molar-refractivity contribution < 1.29 is 58.7 Å². The summed E-state index contributed by atoms with van der Waals surface area (Å²) in [7, 11) is 8.62. The Hall–Kier alpha value is -6.59. The Bertz CT molecular complexity index is 2460. The first kappa shape index (κ1) is 62.3. The van der Waals surface area contributed by atoms with Crippen molar-refractivity contribution in [1.29, 1.82) is 0 Å². The Kier molecular flexibility index (Phi) is 24.4. The van der Waals surface area contributed by atoms with E-state index in [1.165, 1.54) is 14.2 Å². The van der Waals surface area contributed by atoms with Crippen LogP contribution >= 0.6 is 0 Å². The van der Waals surface area contributed by atoms with Crippen LogP contribution in [0, 0.1) is 5.92 Å². The number of aliphatic hydroxyl groups excluding tert-OH is 1. The molecule has 2 aliphatic rings. The van der Waals surface area contributed by atoms with Crippen molar-refractivity contribution in [3.05, 3.63) is 71.6 Å². The average Bonchev–Trinajstić information content (AvgIpc) is 3.94. The second-order valence-electron chi connectivity index (χ2n) is 21.0. The predicted octanol–water partition coefficient (Wildman–Crippen LogP) is 4.15. The normalized spacial score (nSPS) is 16.2. The Morgan fingerprint density at radius 2 is 1.21 bits per heavy atom. The van der Waals surface area contributed by atoms with Gasteiger partial charge in [-0.05, 0) is 99.6 Å². The number of hydrogen-bond donors (Lipinski definition) is 5. The number of nitrogens with zero attached hydrogens (tertiary/aromatic N) is 9. The van der Waals surface area contributed by atoms with E-state index in [4.69, 9.17) is 14.6 Å². The minimum Gasteiger partial charge on any atom is -0.512 e. The number of amides is 3. The number of hydrogen-bond acceptors (Lipinski definition) is 15. The van der Waals surface area contributed by atoms with Crippen LogP contribution in [0.3, 0.4) is 0 Å². The summed E-state index contributed by atoms with van der Waals surface area (Å²) in [5.41, 5.74) is 2.91. The molecule has 1 aliphatic heterocycles. The SMILES string of the molecule is C=C(O)CN1CCN(CC(=O)O)CCN(CC(=O)O)CCN(CC(=O)N(C)CCCN(C)CCCN(C)C(=O)c2ccc(-n3nc(C(=O)N[C@H](C(=O)O)C4CCCCC4)cc3-c3c(OC)cccc3OC)c(C(C)C)c2)CC1. The average molecular weight is 1090 g/mol. The highest BCUT2D eigenvalue weighted by Gasteiger charge is 2.33. The summed E-state index contributed by atoms with van der Waals surface area (Å²) < 4.78 is 13.2. The van der Waals surface area contributed by atoms with Gasteiger partial charge in [0, 0.05) is 85.1 Å². The first-order chi connectivity index (χ1) is 37.2. The summed E-state index contributed by atoms with van der Waals surface area (Å²) in [5, 5.41) is 46.9. The molecule has 2 heterocycles. The fourth-order valence-corrected chi connectivity index (χ4v) is 10.2. The van der Waals surface area contributed by atoms with Crippen molar-refractivity contribution in [2.24, 2.45) is 5.92 Å². The lowest BCUT2D eigenvalue weighted by Crippen LogP contribution is -2.49. The third kappa shape index (κ3) is 18.5. The number of nitrogens with one attached hydrogen (secondary N) is 1. The molecule has 0 bridgehead atoms. The van der Waals surface area contributed by atoms with Crippen molar-refractivity contribution in [2.75, 3.05) is 140 Å². The zero-order valence-electron chi connectivity index (χ0n) is 46.8. The monoisotopic (exact) mass is 1090 g/mol. The van der Waals surface area contributed by atoms with E-state index in [1.807, 2.05) is 42.8 Å². The smallest absolute Gasteiger partial charge is 0.326 e. The molecule has 3 aromatic rings. The zero-order chi connectivity index (χ0) is 57.1. The van der Waals surface area contributed by atoms with Crippen LogP contribution in [0.2, 0.25) is 0 Å². The predicted molar refractivity (Wildman–Crippen MR) is 296 cm³/mol. The number of carbonyl (C=O) groups is 6. The molecule has 0 radical (unpaired) electrons. The van der Waals surface area contributed by atoms with Gasteiger partial charge in [0.2, 0.25) is 5.91 Å². The van der Waals surface area contributed by atoms with Gasteiger partial charge in [0.25, 0.3) is 11.8 Å². The van der Waals surface area contributed by atoms with Gasteiger partial charge >= 0.3 is 17.9 Å². The Balaban J connectivity index is 1.20. The minimum absolute atomic E-state index is 0.0147. The first-order valence-electron chi connectivity index (χ1n) is 27.1. The maximum atomic E-state index is 14.0. The van der Waals surface area contributed by atoms with Gasteiger partial charge in [0.1, 0.15) is 17.5 Å². The van der Waals surface area contributed by atoms with Crippen LogP contribution in [0.4, 0.5) is 0 Å². The fraction of sp³-hybridized carbons (Fsp3) is 0.589. The molecule has 1 saturated carbocycles. The minimum atomic E-state index is -1.08. The lowest BCUT2D eigenvalue weighted by atomic mass is 9.84. The second-order valence-corrected chi connectivity index (χ2v) is 21.0. The molecular weight excluding hydrogens is 1000 g/mol. The third-order valence-corrected chi connectivity index (χ3v) is 14.7. The number of aliphatic carboxylic acids is 3. The maximum absolute atomic E-state index is 14.0. The molecule has 0 unspecified atom stereocenters. The van der Waals surface area contributed by atoms with Crippen molar-refractivity contribution in [1.82, 2.24) is 49.4 Å². The van der Waals surface area contributed by atoms with E-state index in [1.54, 1.807) is 68.7 Å². The molecule has 22 heteroatoms. The van der Waals surface area contributed by atoms with E-state index in [0.717, 1.165) is 24.8 Å². The quantitative estimate of drug-likeness (QED) is 0.0708. The number of benzene rings is 2. The number of carbonyl (C=O) groups excluding carboxylic acids is 3. The number of likely N-dealkylation sites (N-methyl/N-ethyl adjacent to an activating group) is 1. The van der Waals surface area contributed by atoms with E-state index in [0.29, 0.717) is 138 Å². The molecule has 22 nitrogen and oxygen atoms in total. The van der Waals surface area contributed by atoms with Crippen molar-refractivity contribution in [2.45, 2.75) is 70.8 Å².